The molecule has 2 N–H and O–H groups in total. The topological polar surface area (TPSA) is 81.8 Å². The Bertz CT molecular complexity index is 691. The van der Waals surface area contributed by atoms with Crippen molar-refractivity contribution in [3.8, 4) is 0 Å². The summed E-state index contributed by atoms with van der Waals surface area (Å²) in [6.45, 7) is 5.95. The van der Waals surface area contributed by atoms with Crippen molar-refractivity contribution in [2.45, 2.75) is 19.9 Å². The Kier molecular flexibility index (Phi) is 7.25. The van der Waals surface area contributed by atoms with Gasteiger partial charge in [-0.3, -0.25) is 19.8 Å². The molecule has 1 aliphatic heterocycles. The maximum absolute atomic E-state index is 12.6. The van der Waals surface area contributed by atoms with Crippen LogP contribution in [0.15, 0.2) is 18.2 Å². The summed E-state index contributed by atoms with van der Waals surface area (Å²) in [5, 5.41) is 5.62. The number of piperazine rings is 1. The minimum absolute atomic E-state index is 0.161. The van der Waals surface area contributed by atoms with Gasteiger partial charge >= 0.3 is 6.03 Å². The number of benzene rings is 1. The lowest BCUT2D eigenvalue weighted by molar-refractivity contribution is -0.125. The Labute approximate surface area is 162 Å². The van der Waals surface area contributed by atoms with Crippen molar-refractivity contribution in [3.05, 3.63) is 33.8 Å². The molecular weight excluding hydrogens is 379 g/mol. The quantitative estimate of drug-likeness (QED) is 0.809. The van der Waals surface area contributed by atoms with Gasteiger partial charge in [0.2, 0.25) is 5.91 Å². The van der Waals surface area contributed by atoms with Crippen LogP contribution in [0.5, 0.6) is 0 Å². The van der Waals surface area contributed by atoms with Gasteiger partial charge in [0.25, 0.3) is 5.91 Å². The van der Waals surface area contributed by atoms with Crippen molar-refractivity contribution in [1.29, 1.82) is 0 Å². The van der Waals surface area contributed by atoms with E-state index in [0.717, 1.165) is 0 Å². The van der Waals surface area contributed by atoms with E-state index in [1.807, 2.05) is 4.90 Å². The molecule has 2 rings (SSSR count). The third-order valence-electron chi connectivity index (χ3n) is 4.26. The van der Waals surface area contributed by atoms with Crippen LogP contribution in [0.25, 0.3) is 0 Å². The largest absolute Gasteiger partial charge is 0.338 e. The molecule has 1 aromatic rings. The predicted octanol–water partition coefficient (Wildman–Crippen LogP) is 1.99. The first kappa shape index (κ1) is 20.5. The zero-order valence-corrected chi connectivity index (χ0v) is 16.2. The standard InChI is InChI=1S/C17H22Cl2N4O3/c1-3-20-17(26)21-15(24)11(2)22-6-8-23(9-7-22)16(25)13-5-4-12(18)10-14(13)19/h4-5,10-11H,3,6-9H2,1-2H3,(H2,20,21,24,26). The first-order valence-corrected chi connectivity index (χ1v) is 9.16. The van der Waals surface area contributed by atoms with Crippen LogP contribution in [0, 0.1) is 0 Å². The highest BCUT2D eigenvalue weighted by atomic mass is 35.5. The fourth-order valence-electron chi connectivity index (χ4n) is 2.73. The van der Waals surface area contributed by atoms with E-state index >= 15 is 0 Å². The van der Waals surface area contributed by atoms with Crippen LogP contribution in [0.3, 0.4) is 0 Å². The monoisotopic (exact) mass is 400 g/mol. The van der Waals surface area contributed by atoms with E-state index in [1.165, 1.54) is 0 Å². The lowest BCUT2D eigenvalue weighted by Gasteiger charge is -2.37. The molecule has 26 heavy (non-hydrogen) atoms. The van der Waals surface area contributed by atoms with Crippen LogP contribution >= 0.6 is 23.2 Å². The first-order chi connectivity index (χ1) is 12.3. The summed E-state index contributed by atoms with van der Waals surface area (Å²) in [6.07, 6.45) is 0. The summed E-state index contributed by atoms with van der Waals surface area (Å²) in [7, 11) is 0. The Balaban J connectivity index is 1.90. The van der Waals surface area contributed by atoms with Gasteiger partial charge in [-0.2, -0.15) is 0 Å². The second kappa shape index (κ2) is 9.21. The van der Waals surface area contributed by atoms with Crippen molar-refractivity contribution >= 4 is 41.0 Å². The van der Waals surface area contributed by atoms with Crippen LogP contribution in [-0.4, -0.2) is 66.4 Å². The molecule has 0 radical (unpaired) electrons. The summed E-state index contributed by atoms with van der Waals surface area (Å²) in [6, 6.07) is 3.82. The molecule has 9 heteroatoms. The SMILES string of the molecule is CCNC(=O)NC(=O)C(C)N1CCN(C(=O)c2ccc(Cl)cc2Cl)CC1. The molecule has 1 aliphatic rings. The number of carbonyl (C=O) groups is 3. The van der Waals surface area contributed by atoms with Gasteiger partial charge in [0, 0.05) is 37.7 Å². The van der Waals surface area contributed by atoms with Crippen molar-refractivity contribution in [1.82, 2.24) is 20.4 Å². The highest BCUT2D eigenvalue weighted by Crippen LogP contribution is 2.23. The predicted molar refractivity (Wildman–Crippen MR) is 101 cm³/mol. The van der Waals surface area contributed by atoms with Crippen LogP contribution in [0.2, 0.25) is 10.0 Å². The Morgan fingerprint density at radius 3 is 2.38 bits per heavy atom. The van der Waals surface area contributed by atoms with Gasteiger partial charge in [-0.15, -0.1) is 0 Å². The van der Waals surface area contributed by atoms with Gasteiger partial charge in [-0.1, -0.05) is 23.2 Å². The highest BCUT2D eigenvalue weighted by Gasteiger charge is 2.29. The van der Waals surface area contributed by atoms with Crippen molar-refractivity contribution in [2.75, 3.05) is 32.7 Å². The normalized spacial score (nSPS) is 16.1. The maximum atomic E-state index is 12.6. The molecule has 1 saturated heterocycles. The van der Waals surface area contributed by atoms with Crippen LogP contribution in [0.4, 0.5) is 4.79 Å². The summed E-state index contributed by atoms with van der Waals surface area (Å²) < 4.78 is 0. The average Bonchev–Trinajstić information content (AvgIpc) is 2.61. The Morgan fingerprint density at radius 1 is 1.15 bits per heavy atom. The summed E-state index contributed by atoms with van der Waals surface area (Å²) >= 11 is 12.0. The summed E-state index contributed by atoms with van der Waals surface area (Å²) in [5.41, 5.74) is 0.409. The number of imide groups is 1. The molecule has 0 aromatic heterocycles. The number of carbonyl (C=O) groups excluding carboxylic acids is 3. The second-order valence-electron chi connectivity index (χ2n) is 5.98. The number of nitrogens with zero attached hydrogens (tertiary/aromatic N) is 2. The average molecular weight is 401 g/mol. The minimum Gasteiger partial charge on any atom is -0.338 e. The number of urea groups is 1. The van der Waals surface area contributed by atoms with Crippen LogP contribution < -0.4 is 10.6 Å². The fourth-order valence-corrected chi connectivity index (χ4v) is 3.22. The van der Waals surface area contributed by atoms with Gasteiger partial charge in [0.1, 0.15) is 0 Å². The Morgan fingerprint density at radius 2 is 1.81 bits per heavy atom. The molecule has 4 amide bonds. The summed E-state index contributed by atoms with van der Waals surface area (Å²) in [5.74, 6) is -0.526. The highest BCUT2D eigenvalue weighted by molar-refractivity contribution is 6.36. The number of amides is 4. The smallest absolute Gasteiger partial charge is 0.321 e. The third kappa shape index (κ3) is 5.09. The molecule has 1 unspecified atom stereocenters. The molecule has 7 nitrogen and oxygen atoms in total. The van der Waals surface area contributed by atoms with Gasteiger partial charge in [-0.05, 0) is 32.0 Å². The van der Waals surface area contributed by atoms with E-state index in [9.17, 15) is 14.4 Å². The number of hydrogen-bond donors (Lipinski definition) is 2. The van der Waals surface area contributed by atoms with E-state index < -0.39 is 12.1 Å². The molecule has 1 atom stereocenters. The summed E-state index contributed by atoms with van der Waals surface area (Å²) in [4.78, 5) is 39.8. The van der Waals surface area contributed by atoms with Gasteiger partial charge in [0.15, 0.2) is 0 Å². The lowest BCUT2D eigenvalue weighted by Crippen LogP contribution is -2.56. The zero-order valence-electron chi connectivity index (χ0n) is 14.7. The van der Waals surface area contributed by atoms with Crippen molar-refractivity contribution < 1.29 is 14.4 Å². The second-order valence-corrected chi connectivity index (χ2v) is 6.82. The molecule has 0 bridgehead atoms. The fraction of sp³-hybridized carbons (Fsp3) is 0.471. The van der Waals surface area contributed by atoms with Crippen molar-refractivity contribution in [3.63, 3.8) is 0 Å². The van der Waals surface area contributed by atoms with E-state index in [4.69, 9.17) is 23.2 Å². The van der Waals surface area contributed by atoms with Gasteiger partial charge in [0.05, 0.1) is 16.6 Å². The van der Waals surface area contributed by atoms with E-state index in [0.29, 0.717) is 48.3 Å². The van der Waals surface area contributed by atoms with E-state index in [2.05, 4.69) is 10.6 Å². The molecular formula is C17H22Cl2N4O3. The molecule has 0 spiro atoms. The lowest BCUT2D eigenvalue weighted by atomic mass is 10.1. The third-order valence-corrected chi connectivity index (χ3v) is 4.81. The molecule has 142 valence electrons. The Hall–Kier alpha value is -1.83. The number of halogens is 2. The number of hydrogen-bond acceptors (Lipinski definition) is 4. The molecule has 1 heterocycles. The van der Waals surface area contributed by atoms with Crippen LogP contribution in [-0.2, 0) is 4.79 Å². The van der Waals surface area contributed by atoms with E-state index in [-0.39, 0.29) is 11.8 Å². The molecule has 0 aliphatic carbocycles. The zero-order chi connectivity index (χ0) is 19.3. The number of rotatable bonds is 4. The maximum Gasteiger partial charge on any atom is 0.321 e. The minimum atomic E-state index is -0.504. The first-order valence-electron chi connectivity index (χ1n) is 8.40. The van der Waals surface area contributed by atoms with Crippen LogP contribution in [0.1, 0.15) is 24.2 Å². The van der Waals surface area contributed by atoms with Crippen molar-refractivity contribution in [2.24, 2.45) is 0 Å². The van der Waals surface area contributed by atoms with Gasteiger partial charge < -0.3 is 10.2 Å². The van der Waals surface area contributed by atoms with Gasteiger partial charge in [-0.25, -0.2) is 4.79 Å². The molecule has 1 aromatic carbocycles. The molecule has 0 saturated carbocycles. The molecule has 1 fully saturated rings. The number of nitrogens with one attached hydrogen (secondary N) is 2. The van der Waals surface area contributed by atoms with E-state index in [1.54, 1.807) is 36.9 Å².